The standard InChI is InChI=1S/C18H21N3O2/c1-3-9-20(10-4-2)13-16-11-17(22)18(23)14-21(16)12-15-7-5-6-8-19-15/h3-8,11,14,23H,1-2,9-10,12-13H2. The molecule has 0 saturated heterocycles. The molecule has 5 heteroatoms. The smallest absolute Gasteiger partial charge is 0.223 e. The third-order valence-electron chi connectivity index (χ3n) is 3.42. The highest BCUT2D eigenvalue weighted by molar-refractivity contribution is 5.22. The molecule has 2 aromatic rings. The van der Waals surface area contributed by atoms with E-state index in [4.69, 9.17) is 0 Å². The first-order chi connectivity index (χ1) is 11.1. The lowest BCUT2D eigenvalue weighted by molar-refractivity contribution is 0.316. The zero-order valence-electron chi connectivity index (χ0n) is 13.1. The second kappa shape index (κ2) is 8.10. The Kier molecular flexibility index (Phi) is 5.88. The van der Waals surface area contributed by atoms with Gasteiger partial charge in [0.15, 0.2) is 5.75 Å². The van der Waals surface area contributed by atoms with Gasteiger partial charge in [0.2, 0.25) is 5.43 Å². The van der Waals surface area contributed by atoms with Gasteiger partial charge in [-0.15, -0.1) is 13.2 Å². The van der Waals surface area contributed by atoms with E-state index >= 15 is 0 Å². The van der Waals surface area contributed by atoms with E-state index in [1.807, 2.05) is 34.9 Å². The van der Waals surface area contributed by atoms with Crippen LogP contribution in [0.4, 0.5) is 0 Å². The summed E-state index contributed by atoms with van der Waals surface area (Å²) in [6.45, 7) is 9.92. The van der Waals surface area contributed by atoms with E-state index in [2.05, 4.69) is 23.0 Å². The predicted molar refractivity (Wildman–Crippen MR) is 91.4 cm³/mol. The van der Waals surface area contributed by atoms with Crippen LogP contribution in [0.3, 0.4) is 0 Å². The minimum Gasteiger partial charge on any atom is -0.503 e. The van der Waals surface area contributed by atoms with Crippen molar-refractivity contribution >= 4 is 0 Å². The van der Waals surface area contributed by atoms with E-state index in [-0.39, 0.29) is 11.2 Å². The summed E-state index contributed by atoms with van der Waals surface area (Å²) in [7, 11) is 0. The Balaban J connectivity index is 2.32. The Bertz CT molecular complexity index is 713. The zero-order chi connectivity index (χ0) is 16.7. The van der Waals surface area contributed by atoms with Crippen molar-refractivity contribution in [3.63, 3.8) is 0 Å². The molecule has 2 heterocycles. The van der Waals surface area contributed by atoms with Crippen LogP contribution in [0.5, 0.6) is 5.75 Å². The van der Waals surface area contributed by atoms with Gasteiger partial charge in [-0.2, -0.15) is 0 Å². The molecule has 120 valence electrons. The molecule has 0 atom stereocenters. The topological polar surface area (TPSA) is 58.4 Å². The first kappa shape index (κ1) is 16.7. The molecule has 0 aliphatic heterocycles. The summed E-state index contributed by atoms with van der Waals surface area (Å²) in [4.78, 5) is 18.2. The highest BCUT2D eigenvalue weighted by Gasteiger charge is 2.10. The Labute approximate surface area is 135 Å². The van der Waals surface area contributed by atoms with Crippen LogP contribution < -0.4 is 5.43 Å². The Morgan fingerprint density at radius 2 is 2.00 bits per heavy atom. The van der Waals surface area contributed by atoms with Crippen molar-refractivity contribution in [1.29, 1.82) is 0 Å². The van der Waals surface area contributed by atoms with Gasteiger partial charge >= 0.3 is 0 Å². The molecule has 5 nitrogen and oxygen atoms in total. The largest absolute Gasteiger partial charge is 0.503 e. The van der Waals surface area contributed by atoms with Gasteiger partial charge in [0, 0.05) is 37.6 Å². The van der Waals surface area contributed by atoms with Gasteiger partial charge in [-0.3, -0.25) is 14.7 Å². The van der Waals surface area contributed by atoms with Gasteiger partial charge in [0.05, 0.1) is 18.4 Å². The third kappa shape index (κ3) is 4.66. The molecule has 0 aliphatic carbocycles. The summed E-state index contributed by atoms with van der Waals surface area (Å²) in [5, 5.41) is 9.74. The normalized spacial score (nSPS) is 10.7. The number of hydrogen-bond donors (Lipinski definition) is 1. The highest BCUT2D eigenvalue weighted by Crippen LogP contribution is 2.11. The summed E-state index contributed by atoms with van der Waals surface area (Å²) in [6, 6.07) is 7.14. The summed E-state index contributed by atoms with van der Waals surface area (Å²) >= 11 is 0. The van der Waals surface area contributed by atoms with Gasteiger partial charge < -0.3 is 9.67 Å². The lowest BCUT2D eigenvalue weighted by atomic mass is 10.2. The quantitative estimate of drug-likeness (QED) is 0.759. The van der Waals surface area contributed by atoms with Crippen LogP contribution >= 0.6 is 0 Å². The molecule has 1 N–H and O–H groups in total. The number of aromatic nitrogens is 2. The van der Waals surface area contributed by atoms with E-state index in [0.29, 0.717) is 26.2 Å². The molecular formula is C18H21N3O2. The lowest BCUT2D eigenvalue weighted by Crippen LogP contribution is -2.26. The average molecular weight is 311 g/mol. The molecule has 2 rings (SSSR count). The van der Waals surface area contributed by atoms with Crippen LogP contribution in [-0.4, -0.2) is 32.6 Å². The maximum absolute atomic E-state index is 11.8. The maximum atomic E-state index is 11.8. The predicted octanol–water partition coefficient (Wildman–Crippen LogP) is 2.17. The Hall–Kier alpha value is -2.66. The number of aromatic hydroxyl groups is 1. The van der Waals surface area contributed by atoms with E-state index < -0.39 is 0 Å². The van der Waals surface area contributed by atoms with Gasteiger partial charge in [-0.1, -0.05) is 18.2 Å². The fourth-order valence-electron chi connectivity index (χ4n) is 2.35. The van der Waals surface area contributed by atoms with Crippen LogP contribution in [0.25, 0.3) is 0 Å². The maximum Gasteiger partial charge on any atom is 0.223 e. The molecule has 23 heavy (non-hydrogen) atoms. The van der Waals surface area contributed by atoms with E-state index in [0.717, 1.165) is 11.4 Å². The Morgan fingerprint density at radius 1 is 1.26 bits per heavy atom. The van der Waals surface area contributed by atoms with Gasteiger partial charge in [0.1, 0.15) is 0 Å². The molecule has 0 bridgehead atoms. The van der Waals surface area contributed by atoms with Crippen molar-refractivity contribution in [2.24, 2.45) is 0 Å². The minimum atomic E-state index is -0.380. The summed E-state index contributed by atoms with van der Waals surface area (Å²) < 4.78 is 1.85. The van der Waals surface area contributed by atoms with E-state index in [1.165, 1.54) is 12.3 Å². The molecule has 2 aromatic heterocycles. The molecule has 0 unspecified atom stereocenters. The lowest BCUT2D eigenvalue weighted by Gasteiger charge is -2.22. The first-order valence-electron chi connectivity index (χ1n) is 7.40. The van der Waals surface area contributed by atoms with Crippen molar-refractivity contribution in [3.8, 4) is 5.75 Å². The van der Waals surface area contributed by atoms with Crippen LogP contribution in [0.15, 0.2) is 66.8 Å². The molecule has 0 spiro atoms. The number of pyridine rings is 2. The second-order valence-corrected chi connectivity index (χ2v) is 5.23. The third-order valence-corrected chi connectivity index (χ3v) is 3.42. The molecular weight excluding hydrogens is 290 g/mol. The van der Waals surface area contributed by atoms with Crippen molar-refractivity contribution in [3.05, 3.63) is 83.6 Å². The molecule has 0 aromatic carbocycles. The SMILES string of the molecule is C=CCN(CC=C)Cc1cc(=O)c(O)cn1Cc1ccccn1. The number of hydrogen-bond acceptors (Lipinski definition) is 4. The van der Waals surface area contributed by atoms with Crippen LogP contribution in [-0.2, 0) is 13.1 Å². The van der Waals surface area contributed by atoms with E-state index in [1.54, 1.807) is 6.20 Å². The van der Waals surface area contributed by atoms with E-state index in [9.17, 15) is 9.90 Å². The molecule has 0 radical (unpaired) electrons. The summed E-state index contributed by atoms with van der Waals surface area (Å²) in [5.74, 6) is -0.260. The van der Waals surface area contributed by atoms with Gasteiger partial charge in [-0.05, 0) is 12.1 Å². The first-order valence-corrected chi connectivity index (χ1v) is 7.40. The fourth-order valence-corrected chi connectivity index (χ4v) is 2.35. The minimum absolute atomic E-state index is 0.260. The van der Waals surface area contributed by atoms with Gasteiger partial charge in [0.25, 0.3) is 0 Å². The zero-order valence-corrected chi connectivity index (χ0v) is 13.1. The summed E-state index contributed by atoms with van der Waals surface area (Å²) in [6.07, 6.45) is 6.81. The molecule has 0 saturated carbocycles. The molecule has 0 aliphatic rings. The number of nitrogens with zero attached hydrogens (tertiary/aromatic N) is 3. The van der Waals surface area contributed by atoms with Crippen LogP contribution in [0, 0.1) is 0 Å². The molecule has 0 amide bonds. The van der Waals surface area contributed by atoms with Gasteiger partial charge in [-0.25, -0.2) is 0 Å². The highest BCUT2D eigenvalue weighted by atomic mass is 16.3. The fraction of sp³-hybridized carbons (Fsp3) is 0.222. The van der Waals surface area contributed by atoms with Crippen molar-refractivity contribution in [2.75, 3.05) is 13.1 Å². The monoisotopic (exact) mass is 311 g/mol. The Morgan fingerprint density at radius 3 is 2.61 bits per heavy atom. The summed E-state index contributed by atoms with van der Waals surface area (Å²) in [5.41, 5.74) is 1.28. The van der Waals surface area contributed by atoms with Crippen molar-refractivity contribution in [1.82, 2.24) is 14.5 Å². The number of rotatable bonds is 8. The second-order valence-electron chi connectivity index (χ2n) is 5.23. The van der Waals surface area contributed by atoms with Crippen LogP contribution in [0.1, 0.15) is 11.4 Å². The van der Waals surface area contributed by atoms with Crippen LogP contribution in [0.2, 0.25) is 0 Å². The molecule has 0 fully saturated rings. The van der Waals surface area contributed by atoms with Crippen molar-refractivity contribution < 1.29 is 5.11 Å². The van der Waals surface area contributed by atoms with Crippen molar-refractivity contribution in [2.45, 2.75) is 13.1 Å². The average Bonchev–Trinajstić information content (AvgIpc) is 2.53.